The average Bonchev–Trinajstić information content (AvgIpc) is 3.00. The summed E-state index contributed by atoms with van der Waals surface area (Å²) in [6, 6.07) is 5.07. The summed E-state index contributed by atoms with van der Waals surface area (Å²) in [5.41, 5.74) is 2.44. The maximum absolute atomic E-state index is 11.9. The van der Waals surface area contributed by atoms with Gasteiger partial charge in [-0.1, -0.05) is 0 Å². The van der Waals surface area contributed by atoms with E-state index in [1.165, 1.54) is 7.11 Å². The molecule has 2 aromatic heterocycles. The number of methoxy groups -OCH3 is 1. The van der Waals surface area contributed by atoms with Crippen LogP contribution in [-0.2, 0) is 9.47 Å². The molecule has 0 radical (unpaired) electrons. The minimum absolute atomic E-state index is 0.0622. The van der Waals surface area contributed by atoms with Gasteiger partial charge in [-0.05, 0) is 44.4 Å². The number of ether oxygens (including phenoxy) is 2. The lowest BCUT2D eigenvalue weighted by atomic mass is 10.1. The van der Waals surface area contributed by atoms with E-state index in [1.807, 2.05) is 11.6 Å². The number of esters is 1. The van der Waals surface area contributed by atoms with Crippen molar-refractivity contribution in [3.05, 3.63) is 29.5 Å². The Labute approximate surface area is 144 Å². The van der Waals surface area contributed by atoms with Crippen LogP contribution in [0.4, 0.5) is 0 Å². The summed E-state index contributed by atoms with van der Waals surface area (Å²) in [5, 5.41) is 16.3. The van der Waals surface area contributed by atoms with Gasteiger partial charge in [0.2, 0.25) is 5.88 Å². The second kappa shape index (κ2) is 6.00. The molecule has 130 valence electrons. The number of hydrogen-bond acceptors (Lipinski definition) is 6. The maximum atomic E-state index is 11.9. The fraction of sp³-hybridized carbons (Fsp3) is 0.389. The molecule has 0 aliphatic carbocycles. The first kappa shape index (κ1) is 15.8. The van der Waals surface area contributed by atoms with E-state index in [0.29, 0.717) is 28.8 Å². The molecule has 1 aliphatic heterocycles. The molecule has 0 bridgehead atoms. The summed E-state index contributed by atoms with van der Waals surface area (Å²) in [5.74, 6) is -0.479. The fourth-order valence-electron chi connectivity index (χ4n) is 3.44. The first-order valence-corrected chi connectivity index (χ1v) is 8.31. The summed E-state index contributed by atoms with van der Waals surface area (Å²) in [7, 11) is 1.35. The van der Waals surface area contributed by atoms with Gasteiger partial charge in [-0.3, -0.25) is 0 Å². The van der Waals surface area contributed by atoms with Crippen LogP contribution in [0.3, 0.4) is 0 Å². The quantitative estimate of drug-likeness (QED) is 0.721. The van der Waals surface area contributed by atoms with Crippen molar-refractivity contribution in [3.8, 4) is 5.88 Å². The molecule has 0 amide bonds. The van der Waals surface area contributed by atoms with Gasteiger partial charge in [0, 0.05) is 12.0 Å². The standard InChI is InChI=1S/C18H19N3O4/c1-10-15-16(21(20-10)14-5-3-4-8-25-14)12-9-11(18(23)24-2)6-7-13(12)19-17(15)22/h6-7,9,14H,3-5,8H2,1-2H3,(H,19,22). The zero-order chi connectivity index (χ0) is 17.6. The minimum atomic E-state index is -0.417. The molecule has 1 aliphatic rings. The third kappa shape index (κ3) is 2.51. The molecule has 1 fully saturated rings. The Morgan fingerprint density at radius 2 is 2.24 bits per heavy atom. The van der Waals surface area contributed by atoms with Crippen LogP contribution in [0, 0.1) is 6.92 Å². The molecule has 7 heteroatoms. The molecular formula is C18H19N3O4. The number of carbonyl (C=O) groups is 1. The van der Waals surface area contributed by atoms with Crippen LogP contribution < -0.4 is 0 Å². The second-order valence-corrected chi connectivity index (χ2v) is 6.23. The third-order valence-corrected chi connectivity index (χ3v) is 4.64. The smallest absolute Gasteiger partial charge is 0.337 e. The highest BCUT2D eigenvalue weighted by molar-refractivity contribution is 6.08. The van der Waals surface area contributed by atoms with Gasteiger partial charge >= 0.3 is 5.97 Å². The van der Waals surface area contributed by atoms with Crippen molar-refractivity contribution in [1.82, 2.24) is 14.8 Å². The van der Waals surface area contributed by atoms with Crippen molar-refractivity contribution in [2.24, 2.45) is 0 Å². The van der Waals surface area contributed by atoms with Gasteiger partial charge in [0.1, 0.15) is 0 Å². The summed E-state index contributed by atoms with van der Waals surface area (Å²) < 4.78 is 12.5. The highest BCUT2D eigenvalue weighted by Crippen LogP contribution is 2.36. The number of benzene rings is 1. The average molecular weight is 341 g/mol. The number of rotatable bonds is 2. The number of pyridine rings is 1. The van der Waals surface area contributed by atoms with Crippen LogP contribution in [0.5, 0.6) is 5.88 Å². The molecule has 25 heavy (non-hydrogen) atoms. The predicted molar refractivity (Wildman–Crippen MR) is 91.6 cm³/mol. The summed E-state index contributed by atoms with van der Waals surface area (Å²) >= 11 is 0. The summed E-state index contributed by atoms with van der Waals surface area (Å²) in [6.45, 7) is 2.52. The predicted octanol–water partition coefficient (Wildman–Crippen LogP) is 3.08. The Morgan fingerprint density at radius 3 is 2.96 bits per heavy atom. The molecule has 1 saturated heterocycles. The number of aromatic nitrogens is 3. The number of carbonyl (C=O) groups excluding carboxylic acids is 1. The van der Waals surface area contributed by atoms with Gasteiger partial charge in [0.05, 0.1) is 34.8 Å². The number of fused-ring (bicyclic) bond motifs is 3. The SMILES string of the molecule is COC(=O)c1ccc2nc(O)c3c(C)nn(C4CCCCO4)c3c2c1. The summed E-state index contributed by atoms with van der Waals surface area (Å²) in [4.78, 5) is 16.2. The van der Waals surface area contributed by atoms with E-state index in [2.05, 4.69) is 10.1 Å². The molecule has 0 spiro atoms. The van der Waals surface area contributed by atoms with Crippen LogP contribution in [0.15, 0.2) is 18.2 Å². The van der Waals surface area contributed by atoms with E-state index >= 15 is 0 Å². The van der Waals surface area contributed by atoms with E-state index < -0.39 is 5.97 Å². The molecule has 7 nitrogen and oxygen atoms in total. The van der Waals surface area contributed by atoms with Gasteiger partial charge in [-0.2, -0.15) is 5.10 Å². The first-order valence-electron chi connectivity index (χ1n) is 8.31. The molecule has 1 unspecified atom stereocenters. The monoisotopic (exact) mass is 341 g/mol. The van der Waals surface area contributed by atoms with Gasteiger partial charge in [-0.15, -0.1) is 0 Å². The fourth-order valence-corrected chi connectivity index (χ4v) is 3.44. The van der Waals surface area contributed by atoms with E-state index in [9.17, 15) is 9.90 Å². The van der Waals surface area contributed by atoms with Crippen molar-refractivity contribution < 1.29 is 19.4 Å². The van der Waals surface area contributed by atoms with Crippen molar-refractivity contribution in [1.29, 1.82) is 0 Å². The number of aromatic hydroxyl groups is 1. The Bertz CT molecular complexity index is 974. The number of hydrogen-bond donors (Lipinski definition) is 1. The molecule has 1 N–H and O–H groups in total. The first-order chi connectivity index (χ1) is 12.1. The Hall–Kier alpha value is -2.67. The lowest BCUT2D eigenvalue weighted by Gasteiger charge is -2.23. The topological polar surface area (TPSA) is 86.5 Å². The largest absolute Gasteiger partial charge is 0.493 e. The lowest BCUT2D eigenvalue weighted by Crippen LogP contribution is -2.19. The number of nitrogens with zero attached hydrogens (tertiary/aromatic N) is 3. The van der Waals surface area contributed by atoms with Crippen LogP contribution in [-0.4, -0.2) is 39.6 Å². The molecule has 3 aromatic rings. The van der Waals surface area contributed by atoms with Crippen molar-refractivity contribution >= 4 is 27.8 Å². The van der Waals surface area contributed by atoms with Gasteiger partial charge in [0.15, 0.2) is 6.23 Å². The Kier molecular flexibility index (Phi) is 3.80. The minimum Gasteiger partial charge on any atom is -0.493 e. The van der Waals surface area contributed by atoms with E-state index in [4.69, 9.17) is 9.47 Å². The Balaban J connectivity index is 2.03. The van der Waals surface area contributed by atoms with Crippen molar-refractivity contribution in [2.45, 2.75) is 32.4 Å². The summed E-state index contributed by atoms with van der Waals surface area (Å²) in [6.07, 6.45) is 2.77. The Morgan fingerprint density at radius 1 is 1.40 bits per heavy atom. The molecule has 1 atom stereocenters. The highest BCUT2D eigenvalue weighted by Gasteiger charge is 2.24. The highest BCUT2D eigenvalue weighted by atomic mass is 16.5. The molecule has 1 aromatic carbocycles. The molecule has 0 saturated carbocycles. The van der Waals surface area contributed by atoms with Crippen LogP contribution in [0.25, 0.3) is 21.8 Å². The molecular weight excluding hydrogens is 322 g/mol. The van der Waals surface area contributed by atoms with Crippen LogP contribution >= 0.6 is 0 Å². The van der Waals surface area contributed by atoms with Crippen LogP contribution in [0.1, 0.15) is 41.5 Å². The van der Waals surface area contributed by atoms with E-state index in [0.717, 1.165) is 30.2 Å². The zero-order valence-corrected chi connectivity index (χ0v) is 14.2. The van der Waals surface area contributed by atoms with Gasteiger partial charge < -0.3 is 14.6 Å². The molecule has 4 rings (SSSR count). The normalized spacial score (nSPS) is 17.9. The van der Waals surface area contributed by atoms with Crippen molar-refractivity contribution in [2.75, 3.05) is 13.7 Å². The van der Waals surface area contributed by atoms with Gasteiger partial charge in [0.25, 0.3) is 0 Å². The lowest BCUT2D eigenvalue weighted by molar-refractivity contribution is -0.0367. The van der Waals surface area contributed by atoms with Crippen LogP contribution in [0.2, 0.25) is 0 Å². The maximum Gasteiger partial charge on any atom is 0.337 e. The van der Waals surface area contributed by atoms with E-state index in [1.54, 1.807) is 18.2 Å². The number of aryl methyl sites for hydroxylation is 1. The second-order valence-electron chi connectivity index (χ2n) is 6.23. The van der Waals surface area contributed by atoms with Crippen molar-refractivity contribution in [3.63, 3.8) is 0 Å². The van der Waals surface area contributed by atoms with E-state index in [-0.39, 0.29) is 12.1 Å². The zero-order valence-electron chi connectivity index (χ0n) is 14.2. The third-order valence-electron chi connectivity index (χ3n) is 4.64. The molecule has 3 heterocycles. The van der Waals surface area contributed by atoms with Gasteiger partial charge in [-0.25, -0.2) is 14.5 Å².